The Morgan fingerprint density at radius 1 is 0.919 bits per heavy atom. The highest BCUT2D eigenvalue weighted by atomic mass is 16.6. The first-order chi connectivity index (χ1) is 17.7. The van der Waals surface area contributed by atoms with E-state index in [2.05, 4.69) is 0 Å². The molecular weight excluding hydrogens is 476 g/mol. The number of ketones is 1. The minimum atomic E-state index is -1.36. The second-order valence-corrected chi connectivity index (χ2v) is 9.53. The monoisotopic (exact) mass is 496 g/mol. The van der Waals surface area contributed by atoms with E-state index in [1.165, 1.54) is 19.1 Å². The summed E-state index contributed by atoms with van der Waals surface area (Å²) in [6, 6.07) is 18.4. The van der Waals surface area contributed by atoms with Crippen molar-refractivity contribution in [2.24, 2.45) is 11.8 Å². The first kappa shape index (κ1) is 22.8. The van der Waals surface area contributed by atoms with Gasteiger partial charge in [0.25, 0.3) is 0 Å². The van der Waals surface area contributed by atoms with Gasteiger partial charge in [0.2, 0.25) is 17.6 Å². The van der Waals surface area contributed by atoms with E-state index >= 15 is 0 Å². The highest BCUT2D eigenvalue weighted by molar-refractivity contribution is 6.25. The Labute approximate surface area is 210 Å². The maximum absolute atomic E-state index is 14.1. The van der Waals surface area contributed by atoms with Gasteiger partial charge in [0.1, 0.15) is 5.78 Å². The van der Waals surface area contributed by atoms with Gasteiger partial charge in [0.15, 0.2) is 0 Å². The smallest absolute Gasteiger partial charge is 0.313 e. The van der Waals surface area contributed by atoms with Gasteiger partial charge in [-0.05, 0) is 41.3 Å². The summed E-state index contributed by atoms with van der Waals surface area (Å²) < 4.78 is 4.94. The van der Waals surface area contributed by atoms with Crippen LogP contribution in [0.25, 0.3) is 0 Å². The molecule has 0 aromatic heterocycles. The summed E-state index contributed by atoms with van der Waals surface area (Å²) in [6.45, 7) is 2.55. The van der Waals surface area contributed by atoms with E-state index < -0.39 is 51.6 Å². The van der Waals surface area contributed by atoms with E-state index in [0.29, 0.717) is 11.1 Å². The molecule has 7 rings (SSSR count). The van der Waals surface area contributed by atoms with E-state index in [0.717, 1.165) is 29.0 Å². The summed E-state index contributed by atoms with van der Waals surface area (Å²) in [5.74, 6) is -4.70. The lowest BCUT2D eigenvalue weighted by atomic mass is 9.46. The summed E-state index contributed by atoms with van der Waals surface area (Å²) in [6.07, 6.45) is 0. The quantitative estimate of drug-likeness (QED) is 0.177. The Morgan fingerprint density at radius 3 is 2.05 bits per heavy atom. The summed E-state index contributed by atoms with van der Waals surface area (Å²) in [4.78, 5) is 65.1. The van der Waals surface area contributed by atoms with Crippen LogP contribution in [0.4, 0.5) is 11.4 Å². The first-order valence-corrected chi connectivity index (χ1v) is 11.7. The van der Waals surface area contributed by atoms with Crippen molar-refractivity contribution in [3.63, 3.8) is 0 Å². The summed E-state index contributed by atoms with van der Waals surface area (Å²) in [7, 11) is 0. The molecule has 184 valence electrons. The molecule has 3 aromatic carbocycles. The van der Waals surface area contributed by atoms with E-state index in [-0.39, 0.29) is 17.2 Å². The average Bonchev–Trinajstić information content (AvgIpc) is 3.14. The fourth-order valence-electron chi connectivity index (χ4n) is 6.65. The van der Waals surface area contributed by atoms with Crippen molar-refractivity contribution in [1.29, 1.82) is 0 Å². The first-order valence-electron chi connectivity index (χ1n) is 11.7. The maximum Gasteiger partial charge on any atom is 0.313 e. The van der Waals surface area contributed by atoms with Crippen LogP contribution in [0.5, 0.6) is 5.75 Å². The van der Waals surface area contributed by atoms with E-state index in [9.17, 15) is 29.3 Å². The third-order valence-corrected chi connectivity index (χ3v) is 7.82. The zero-order valence-electron chi connectivity index (χ0n) is 19.8. The van der Waals surface area contributed by atoms with Crippen LogP contribution in [0.3, 0.4) is 0 Å². The number of ether oxygens (including phenoxy) is 1. The van der Waals surface area contributed by atoms with Crippen LogP contribution in [0, 0.1) is 22.0 Å². The van der Waals surface area contributed by atoms with Gasteiger partial charge in [0, 0.05) is 18.9 Å². The number of anilines is 1. The van der Waals surface area contributed by atoms with Gasteiger partial charge in [-0.15, -0.1) is 0 Å². The van der Waals surface area contributed by atoms with Crippen LogP contribution < -0.4 is 9.64 Å². The number of nitro benzene ring substituents is 1. The molecule has 9 heteroatoms. The molecule has 4 aliphatic rings. The predicted octanol–water partition coefficient (Wildman–Crippen LogP) is 3.66. The fraction of sp³-hybridized carbons (Fsp3) is 0.214. The van der Waals surface area contributed by atoms with Crippen molar-refractivity contribution in [3.8, 4) is 5.75 Å². The Balaban J connectivity index is 1.57. The van der Waals surface area contributed by atoms with Crippen molar-refractivity contribution in [1.82, 2.24) is 0 Å². The standard InChI is InChI=1S/C28H20N2O7/c1-14(31)28-19-9-5-3-7-17(19)23(18-8-4-6-10-20(18)28)24-25(28)27(34)29(26(24)33)16-11-12-22(37-15(2)32)21(13-16)30(35)36/h3-13,23-25H,1-2H3/t23?,24-,25-,28?/m1/s1. The third kappa shape index (κ3) is 2.79. The lowest BCUT2D eigenvalue weighted by Crippen LogP contribution is -2.57. The van der Waals surface area contributed by atoms with Crippen LogP contribution in [0.2, 0.25) is 0 Å². The van der Waals surface area contributed by atoms with Gasteiger partial charge >= 0.3 is 11.7 Å². The van der Waals surface area contributed by atoms with Crippen molar-refractivity contribution in [2.75, 3.05) is 4.90 Å². The van der Waals surface area contributed by atoms with Crippen molar-refractivity contribution < 1.29 is 28.8 Å². The molecule has 0 saturated carbocycles. The lowest BCUT2D eigenvalue weighted by molar-refractivity contribution is -0.385. The molecule has 1 fully saturated rings. The van der Waals surface area contributed by atoms with Gasteiger partial charge in [-0.25, -0.2) is 4.90 Å². The number of carbonyl (C=O) groups is 4. The highest BCUT2D eigenvalue weighted by Gasteiger charge is 2.70. The van der Waals surface area contributed by atoms with Crippen molar-refractivity contribution in [3.05, 3.63) is 99.1 Å². The number of esters is 1. The number of Topliss-reactive ketones (excluding diaryl/α,β-unsaturated/α-hetero) is 1. The molecule has 37 heavy (non-hydrogen) atoms. The number of nitro groups is 1. The molecule has 1 saturated heterocycles. The fourth-order valence-corrected chi connectivity index (χ4v) is 6.65. The van der Waals surface area contributed by atoms with Crippen molar-refractivity contribution in [2.45, 2.75) is 25.2 Å². The average molecular weight is 496 g/mol. The van der Waals surface area contributed by atoms with Gasteiger partial charge < -0.3 is 4.74 Å². The zero-order valence-corrected chi connectivity index (χ0v) is 19.8. The number of rotatable bonds is 4. The number of nitrogens with zero attached hydrogens (tertiary/aromatic N) is 2. The Bertz CT molecular complexity index is 1530. The largest absolute Gasteiger partial charge is 0.419 e. The molecule has 0 radical (unpaired) electrons. The second-order valence-electron chi connectivity index (χ2n) is 9.53. The van der Waals surface area contributed by atoms with Gasteiger partial charge in [-0.3, -0.25) is 29.3 Å². The highest BCUT2D eigenvalue weighted by Crippen LogP contribution is 2.64. The molecule has 2 atom stereocenters. The van der Waals surface area contributed by atoms with Crippen LogP contribution in [0.1, 0.15) is 42.0 Å². The molecule has 9 nitrogen and oxygen atoms in total. The molecule has 3 aliphatic carbocycles. The lowest BCUT2D eigenvalue weighted by Gasteiger charge is -2.52. The third-order valence-electron chi connectivity index (χ3n) is 7.82. The molecule has 1 aliphatic heterocycles. The van der Waals surface area contributed by atoms with Crippen LogP contribution in [0.15, 0.2) is 66.7 Å². The number of benzene rings is 3. The number of hydrogen-bond donors (Lipinski definition) is 0. The Morgan fingerprint density at radius 2 is 1.51 bits per heavy atom. The van der Waals surface area contributed by atoms with Crippen LogP contribution in [-0.2, 0) is 24.6 Å². The topological polar surface area (TPSA) is 124 Å². The number of carbonyl (C=O) groups excluding carboxylic acids is 4. The van der Waals surface area contributed by atoms with E-state index in [1.54, 1.807) is 0 Å². The number of imide groups is 1. The minimum absolute atomic E-state index is 0.0155. The van der Waals surface area contributed by atoms with Gasteiger partial charge in [-0.1, -0.05) is 48.5 Å². The normalized spacial score (nSPS) is 24.8. The Hall–Kier alpha value is -4.66. The van der Waals surface area contributed by atoms with Crippen LogP contribution >= 0.6 is 0 Å². The van der Waals surface area contributed by atoms with Gasteiger partial charge in [0.05, 0.1) is 27.9 Å². The van der Waals surface area contributed by atoms with Crippen LogP contribution in [-0.4, -0.2) is 28.5 Å². The van der Waals surface area contributed by atoms with E-state index in [1.807, 2.05) is 48.5 Å². The SMILES string of the molecule is CC(=O)Oc1ccc(N2C(=O)[C@@H]3C4c5ccccc5C(C(C)=O)(c5ccccc54)[C@H]3C2=O)cc1[N+](=O)[O-]. The summed E-state index contributed by atoms with van der Waals surface area (Å²) >= 11 is 0. The van der Waals surface area contributed by atoms with E-state index in [4.69, 9.17) is 4.74 Å². The maximum atomic E-state index is 14.1. The molecule has 3 aromatic rings. The predicted molar refractivity (Wildman–Crippen MR) is 130 cm³/mol. The number of hydrogen-bond acceptors (Lipinski definition) is 7. The molecule has 0 spiro atoms. The molecule has 0 N–H and O–H groups in total. The molecule has 2 amide bonds. The van der Waals surface area contributed by atoms with Crippen molar-refractivity contribution >= 4 is 34.9 Å². The summed E-state index contributed by atoms with van der Waals surface area (Å²) in [5, 5.41) is 11.7. The number of amides is 2. The summed E-state index contributed by atoms with van der Waals surface area (Å²) in [5.41, 5.74) is 1.15. The molecular formula is C28H20N2O7. The second kappa shape index (κ2) is 7.67. The Kier molecular flexibility index (Phi) is 4.72. The molecule has 2 bridgehead atoms. The minimum Gasteiger partial charge on any atom is -0.419 e. The molecule has 0 unspecified atom stereocenters. The van der Waals surface area contributed by atoms with Gasteiger partial charge in [-0.2, -0.15) is 0 Å². The zero-order chi connectivity index (χ0) is 26.2. The molecule has 1 heterocycles.